The molecule has 0 atom stereocenters. The third-order valence-corrected chi connectivity index (χ3v) is 11.9. The van der Waals surface area contributed by atoms with Crippen LogP contribution in [0.15, 0.2) is 193 Å². The number of allylic oxidation sites excluding steroid dienone is 3. The molecule has 5 heterocycles. The summed E-state index contributed by atoms with van der Waals surface area (Å²) in [6.07, 6.45) is 11.6. The summed E-state index contributed by atoms with van der Waals surface area (Å²) in [6.45, 7) is 6.57. The van der Waals surface area contributed by atoms with Gasteiger partial charge in [-0.2, -0.15) is 0 Å². The Bertz CT molecular complexity index is 3480. The van der Waals surface area contributed by atoms with E-state index in [2.05, 4.69) is 212 Å². The number of furan rings is 1. The Morgan fingerprint density at radius 3 is 2.08 bits per heavy atom. The van der Waals surface area contributed by atoms with Crippen molar-refractivity contribution in [3.05, 3.63) is 199 Å². The number of nitrogens with zero attached hydrogens (tertiary/aromatic N) is 3. The predicted molar refractivity (Wildman–Crippen MR) is 254 cm³/mol. The number of benzene rings is 6. The standard InChI is InChI=1S/C55H40BN3O/c1-3-4-5-9-20-49-36(2)44-32-37(22-26-50(44)58(49)40-15-7-6-8-16-40)38-24-28-53-45(33-38)46-35-41(25-29-54(46)60-53)59-51-27-23-39(34-47(51)55-52(59)21-14-31-57-55)42-17-10-11-18-43(42)48-19-12-13-30-56-48/h4-35H,3H2,1-2H3/b5-4+,20-9-. The molecule has 0 radical (unpaired) electrons. The van der Waals surface area contributed by atoms with Crippen LogP contribution < -0.4 is 0 Å². The van der Waals surface area contributed by atoms with Gasteiger partial charge in [0.2, 0.25) is 0 Å². The van der Waals surface area contributed by atoms with E-state index in [1.54, 1.807) is 0 Å². The molecule has 11 aromatic rings. The van der Waals surface area contributed by atoms with Gasteiger partial charge in [-0.15, -0.1) is 0 Å². The van der Waals surface area contributed by atoms with Crippen LogP contribution >= 0.6 is 0 Å². The first-order chi connectivity index (χ1) is 29.6. The molecular formula is C55H40BN3O. The van der Waals surface area contributed by atoms with E-state index in [-0.39, 0.29) is 0 Å². The summed E-state index contributed by atoms with van der Waals surface area (Å²) in [5, 5.41) is 4.53. The zero-order valence-electron chi connectivity index (χ0n) is 33.5. The van der Waals surface area contributed by atoms with Crippen LogP contribution in [0.1, 0.15) is 24.6 Å². The van der Waals surface area contributed by atoms with Crippen LogP contribution in [0, 0.1) is 6.92 Å². The smallest absolute Gasteiger partial charge is 0.310 e. The minimum atomic E-state index is 0.865. The Morgan fingerprint density at radius 2 is 1.27 bits per heavy atom. The number of para-hydroxylation sites is 1. The molecule has 0 aliphatic carbocycles. The molecule has 4 nitrogen and oxygen atoms in total. The summed E-state index contributed by atoms with van der Waals surface area (Å²) < 4.78 is 11.2. The Morgan fingerprint density at radius 1 is 0.567 bits per heavy atom. The van der Waals surface area contributed by atoms with Crippen molar-refractivity contribution >= 4 is 67.8 Å². The summed E-state index contributed by atoms with van der Waals surface area (Å²) in [7, 11) is 0. The second kappa shape index (κ2) is 14.7. The Balaban J connectivity index is 1.03. The molecule has 0 saturated heterocycles. The summed E-state index contributed by atoms with van der Waals surface area (Å²) in [4.78, 5) is 4.94. The van der Waals surface area contributed by atoms with Gasteiger partial charge in [-0.05, 0) is 72.5 Å². The minimum Gasteiger partial charge on any atom is -0.310 e. The van der Waals surface area contributed by atoms with E-state index >= 15 is 0 Å². The van der Waals surface area contributed by atoms with E-state index in [0.29, 0.717) is 0 Å². The van der Waals surface area contributed by atoms with E-state index in [1.165, 1.54) is 44.3 Å². The fourth-order valence-electron chi connectivity index (χ4n) is 9.03. The molecule has 284 valence electrons. The molecule has 0 aliphatic rings. The topological polar surface area (TPSA) is 35.9 Å². The van der Waals surface area contributed by atoms with Gasteiger partial charge in [-0.1, -0.05) is 55.5 Å². The summed E-state index contributed by atoms with van der Waals surface area (Å²) in [5.41, 5.74) is 17.8. The van der Waals surface area contributed by atoms with Gasteiger partial charge in [0.15, 0.2) is 0 Å². The van der Waals surface area contributed by atoms with Gasteiger partial charge in [-0.3, -0.25) is 0 Å². The maximum absolute atomic E-state index is 6.48. The van der Waals surface area contributed by atoms with Crippen LogP contribution in [0.4, 0.5) is 0 Å². The molecular weight excluding hydrogens is 729 g/mol. The molecule has 5 aromatic heterocycles. The van der Waals surface area contributed by atoms with Crippen molar-refractivity contribution in [3.63, 3.8) is 0 Å². The van der Waals surface area contributed by atoms with Crippen molar-refractivity contribution < 1.29 is 4.42 Å². The number of fused-ring (bicyclic) bond motifs is 7. The SMILES string of the molecule is CC/C=C/C=C\c1c(C)c2cc(-c3ccc4oc5ccc(-n6c7ccc(-c8ccccc8-c8bcccc8)cc7c7ncccc76)cc5c4c3)ccc2n1-c1ccccc1. The molecule has 0 fully saturated rings. The molecule has 0 spiro atoms. The number of pyridine rings is 1. The summed E-state index contributed by atoms with van der Waals surface area (Å²) >= 11 is 0. The first kappa shape index (κ1) is 35.7. The van der Waals surface area contributed by atoms with Crippen molar-refractivity contribution in [3.8, 4) is 44.7 Å². The van der Waals surface area contributed by atoms with Gasteiger partial charge in [-0.25, -0.2) is 0 Å². The monoisotopic (exact) mass is 769 g/mol. The normalized spacial score (nSPS) is 12.0. The fourth-order valence-corrected chi connectivity index (χ4v) is 9.03. The van der Waals surface area contributed by atoms with Crippen molar-refractivity contribution in [2.75, 3.05) is 0 Å². The zero-order valence-corrected chi connectivity index (χ0v) is 33.5. The Hall–Kier alpha value is -7.50. The van der Waals surface area contributed by atoms with E-state index in [4.69, 9.17) is 9.40 Å². The third kappa shape index (κ3) is 5.93. The molecule has 0 saturated carbocycles. The van der Waals surface area contributed by atoms with Gasteiger partial charge < -0.3 is 8.98 Å². The number of hydrogen-bond acceptors (Lipinski definition) is 2. The van der Waals surface area contributed by atoms with Gasteiger partial charge in [0.1, 0.15) is 5.58 Å². The van der Waals surface area contributed by atoms with Crippen molar-refractivity contribution in [1.82, 2.24) is 14.1 Å². The van der Waals surface area contributed by atoms with Crippen molar-refractivity contribution in [1.29, 1.82) is 0 Å². The first-order valence-electron chi connectivity index (χ1n) is 20.7. The van der Waals surface area contributed by atoms with E-state index in [0.717, 1.165) is 72.8 Å². The molecule has 6 aromatic carbocycles. The van der Waals surface area contributed by atoms with Crippen LogP contribution in [0.5, 0.6) is 0 Å². The van der Waals surface area contributed by atoms with Crippen LogP contribution in [-0.2, 0) is 0 Å². The molecule has 0 bridgehead atoms. The van der Waals surface area contributed by atoms with Gasteiger partial charge in [0, 0.05) is 16.8 Å². The zero-order chi connectivity index (χ0) is 40.2. The molecule has 5 heteroatoms. The molecule has 60 heavy (non-hydrogen) atoms. The second-order valence-electron chi connectivity index (χ2n) is 15.5. The van der Waals surface area contributed by atoms with Gasteiger partial charge >= 0.3 is 186 Å². The van der Waals surface area contributed by atoms with Gasteiger partial charge in [0.25, 0.3) is 0 Å². The number of hydrogen-bond donors (Lipinski definition) is 0. The second-order valence-corrected chi connectivity index (χ2v) is 15.5. The van der Waals surface area contributed by atoms with Gasteiger partial charge in [0.05, 0.1) is 5.52 Å². The quantitative estimate of drug-likeness (QED) is 0.144. The average Bonchev–Trinajstić information content (AvgIpc) is 3.94. The first-order valence-corrected chi connectivity index (χ1v) is 20.7. The molecule has 11 rings (SSSR count). The van der Waals surface area contributed by atoms with E-state index < -0.39 is 0 Å². The molecule has 0 amide bonds. The van der Waals surface area contributed by atoms with Crippen LogP contribution in [0.2, 0.25) is 0 Å². The average molecular weight is 770 g/mol. The fraction of sp³-hybridized carbons (Fsp3) is 0.0545. The van der Waals surface area contributed by atoms with E-state index in [9.17, 15) is 0 Å². The van der Waals surface area contributed by atoms with E-state index in [1.807, 2.05) is 12.3 Å². The van der Waals surface area contributed by atoms with Crippen molar-refractivity contribution in [2.24, 2.45) is 0 Å². The maximum atomic E-state index is 6.48. The van der Waals surface area contributed by atoms with Crippen molar-refractivity contribution in [2.45, 2.75) is 20.3 Å². The van der Waals surface area contributed by atoms with Crippen LogP contribution in [-0.4, -0.2) is 21.0 Å². The summed E-state index contributed by atoms with van der Waals surface area (Å²) in [5.74, 6) is 2.10. The summed E-state index contributed by atoms with van der Waals surface area (Å²) in [6, 6.07) is 56.6. The number of rotatable bonds is 8. The molecule has 0 N–H and O–H groups in total. The molecule has 0 unspecified atom stereocenters. The van der Waals surface area contributed by atoms with Crippen LogP contribution in [0.25, 0.3) is 106 Å². The minimum absolute atomic E-state index is 0.865. The number of aromatic nitrogens is 3. The Kier molecular flexibility index (Phi) is 8.74. The Labute approximate surface area is 349 Å². The predicted octanol–water partition coefficient (Wildman–Crippen LogP) is 14.6. The number of aryl methyl sites for hydroxylation is 1. The third-order valence-electron chi connectivity index (χ3n) is 11.9. The van der Waals surface area contributed by atoms with Crippen LogP contribution in [0.3, 0.4) is 0 Å². The molecule has 0 aliphatic heterocycles.